The van der Waals surface area contributed by atoms with Gasteiger partial charge in [-0.3, -0.25) is 0 Å². The van der Waals surface area contributed by atoms with Gasteiger partial charge in [0.25, 0.3) is 0 Å². The Bertz CT molecular complexity index is 417. The monoisotopic (exact) mass is 280 g/mol. The van der Waals surface area contributed by atoms with Crippen molar-refractivity contribution in [2.24, 2.45) is 0 Å². The molecule has 1 fully saturated rings. The predicted molar refractivity (Wildman–Crippen MR) is 79.4 cm³/mol. The zero-order valence-corrected chi connectivity index (χ0v) is 12.2. The molecule has 1 saturated heterocycles. The van der Waals surface area contributed by atoms with Crippen molar-refractivity contribution in [1.82, 2.24) is 10.2 Å². The number of likely N-dealkylation sites (tertiary alicyclic amines) is 1. The van der Waals surface area contributed by atoms with Crippen LogP contribution in [0, 0.1) is 5.82 Å². The Morgan fingerprint density at radius 2 is 1.95 bits per heavy atom. The number of halogens is 1. The van der Waals surface area contributed by atoms with E-state index in [4.69, 9.17) is 0 Å². The summed E-state index contributed by atoms with van der Waals surface area (Å²) < 4.78 is 13.2. The number of hydrogen-bond acceptors (Lipinski definition) is 3. The Balaban J connectivity index is 1.79. The largest absolute Gasteiger partial charge is 0.508 e. The molecule has 112 valence electrons. The van der Waals surface area contributed by atoms with Crippen LogP contribution in [0.25, 0.3) is 0 Å². The molecule has 0 radical (unpaired) electrons. The van der Waals surface area contributed by atoms with Crippen molar-refractivity contribution >= 4 is 0 Å². The van der Waals surface area contributed by atoms with E-state index in [1.807, 2.05) is 6.92 Å². The summed E-state index contributed by atoms with van der Waals surface area (Å²) in [5, 5.41) is 13.1. The van der Waals surface area contributed by atoms with E-state index >= 15 is 0 Å². The van der Waals surface area contributed by atoms with Crippen LogP contribution in [0.3, 0.4) is 0 Å². The molecule has 2 rings (SSSR count). The molecule has 2 N–H and O–H groups in total. The van der Waals surface area contributed by atoms with E-state index < -0.39 is 0 Å². The summed E-state index contributed by atoms with van der Waals surface area (Å²) in [6.07, 6.45) is 5.27. The maximum Gasteiger partial charge on any atom is 0.123 e. The smallest absolute Gasteiger partial charge is 0.123 e. The molecule has 1 unspecified atom stereocenters. The van der Waals surface area contributed by atoms with Gasteiger partial charge in [-0.25, -0.2) is 4.39 Å². The van der Waals surface area contributed by atoms with E-state index in [-0.39, 0.29) is 17.6 Å². The second-order valence-corrected chi connectivity index (χ2v) is 5.63. The number of benzene rings is 1. The first-order chi connectivity index (χ1) is 9.66. The highest BCUT2D eigenvalue weighted by atomic mass is 19.1. The standard InChI is InChI=1S/C16H25FN2O/c1-13(15-12-14(17)6-7-16(15)20)18-8-11-19-9-4-2-3-5-10-19/h6-7,12-13,18,20H,2-5,8-11H2,1H3. The van der Waals surface area contributed by atoms with Crippen molar-refractivity contribution in [2.75, 3.05) is 26.2 Å². The fourth-order valence-electron chi connectivity index (χ4n) is 2.78. The average Bonchev–Trinajstić information content (AvgIpc) is 2.70. The van der Waals surface area contributed by atoms with E-state index in [2.05, 4.69) is 10.2 Å². The van der Waals surface area contributed by atoms with Gasteiger partial charge < -0.3 is 15.3 Å². The van der Waals surface area contributed by atoms with E-state index in [0.29, 0.717) is 5.56 Å². The summed E-state index contributed by atoms with van der Waals surface area (Å²) in [5.74, 6) is -0.153. The van der Waals surface area contributed by atoms with Crippen LogP contribution in [-0.4, -0.2) is 36.2 Å². The minimum absolute atomic E-state index is 0.0438. The van der Waals surface area contributed by atoms with E-state index in [0.717, 1.165) is 13.1 Å². The molecule has 3 nitrogen and oxygen atoms in total. The van der Waals surface area contributed by atoms with Gasteiger partial charge in [0.15, 0.2) is 0 Å². The van der Waals surface area contributed by atoms with Crippen LogP contribution in [-0.2, 0) is 0 Å². The fraction of sp³-hybridized carbons (Fsp3) is 0.625. The van der Waals surface area contributed by atoms with Crippen molar-refractivity contribution in [3.8, 4) is 5.75 Å². The van der Waals surface area contributed by atoms with Crippen molar-refractivity contribution in [1.29, 1.82) is 0 Å². The summed E-state index contributed by atoms with van der Waals surface area (Å²) in [4.78, 5) is 2.48. The number of rotatable bonds is 5. The Morgan fingerprint density at radius 1 is 1.25 bits per heavy atom. The number of phenols is 1. The lowest BCUT2D eigenvalue weighted by molar-refractivity contribution is 0.280. The lowest BCUT2D eigenvalue weighted by Crippen LogP contribution is -2.33. The highest BCUT2D eigenvalue weighted by Crippen LogP contribution is 2.24. The molecule has 1 aromatic rings. The van der Waals surface area contributed by atoms with Crippen molar-refractivity contribution in [2.45, 2.75) is 38.6 Å². The van der Waals surface area contributed by atoms with Crippen LogP contribution in [0.5, 0.6) is 5.75 Å². The number of nitrogens with zero attached hydrogens (tertiary/aromatic N) is 1. The summed E-state index contributed by atoms with van der Waals surface area (Å²) in [5.41, 5.74) is 0.626. The summed E-state index contributed by atoms with van der Waals surface area (Å²) in [6.45, 7) is 6.19. The van der Waals surface area contributed by atoms with Gasteiger partial charge >= 0.3 is 0 Å². The first-order valence-electron chi connectivity index (χ1n) is 7.61. The van der Waals surface area contributed by atoms with E-state index in [9.17, 15) is 9.50 Å². The van der Waals surface area contributed by atoms with Gasteiger partial charge in [0.2, 0.25) is 0 Å². The topological polar surface area (TPSA) is 35.5 Å². The van der Waals surface area contributed by atoms with Gasteiger partial charge in [0, 0.05) is 24.7 Å². The van der Waals surface area contributed by atoms with Gasteiger partial charge in [-0.2, -0.15) is 0 Å². The Labute approximate surface area is 120 Å². The molecule has 1 aliphatic rings. The fourth-order valence-corrected chi connectivity index (χ4v) is 2.78. The highest BCUT2D eigenvalue weighted by Gasteiger charge is 2.12. The Kier molecular flexibility index (Phi) is 5.80. The number of phenolic OH excluding ortho intramolecular Hbond substituents is 1. The van der Waals surface area contributed by atoms with Crippen LogP contribution in [0.2, 0.25) is 0 Å². The molecule has 20 heavy (non-hydrogen) atoms. The molecule has 0 aliphatic carbocycles. The van der Waals surface area contributed by atoms with Gasteiger partial charge in [-0.1, -0.05) is 12.8 Å². The molecular weight excluding hydrogens is 255 g/mol. The summed E-state index contributed by atoms with van der Waals surface area (Å²) >= 11 is 0. The first kappa shape index (κ1) is 15.3. The Morgan fingerprint density at radius 3 is 2.65 bits per heavy atom. The molecule has 4 heteroatoms. The van der Waals surface area contributed by atoms with Crippen LogP contribution in [0.15, 0.2) is 18.2 Å². The first-order valence-corrected chi connectivity index (χ1v) is 7.61. The number of aromatic hydroxyl groups is 1. The summed E-state index contributed by atoms with van der Waals surface area (Å²) in [6, 6.07) is 4.05. The highest BCUT2D eigenvalue weighted by molar-refractivity contribution is 5.34. The lowest BCUT2D eigenvalue weighted by Gasteiger charge is -2.22. The molecule has 1 atom stereocenters. The third-order valence-corrected chi connectivity index (χ3v) is 4.03. The molecule has 1 heterocycles. The SMILES string of the molecule is CC(NCCN1CCCCCC1)c1cc(F)ccc1O. The Hall–Kier alpha value is -1.13. The predicted octanol–water partition coefficient (Wildman–Crippen LogP) is 3.06. The van der Waals surface area contributed by atoms with Crippen molar-refractivity contribution in [3.63, 3.8) is 0 Å². The minimum atomic E-state index is -0.307. The van der Waals surface area contributed by atoms with E-state index in [1.54, 1.807) is 0 Å². The molecule has 0 spiro atoms. The number of nitrogens with one attached hydrogen (secondary N) is 1. The zero-order chi connectivity index (χ0) is 14.4. The zero-order valence-electron chi connectivity index (χ0n) is 12.2. The maximum absolute atomic E-state index is 13.2. The average molecular weight is 280 g/mol. The van der Waals surface area contributed by atoms with Gasteiger partial charge in [-0.15, -0.1) is 0 Å². The minimum Gasteiger partial charge on any atom is -0.508 e. The molecule has 0 saturated carbocycles. The van der Waals surface area contributed by atoms with Crippen molar-refractivity contribution < 1.29 is 9.50 Å². The molecular formula is C16H25FN2O. The second-order valence-electron chi connectivity index (χ2n) is 5.63. The lowest BCUT2D eigenvalue weighted by atomic mass is 10.1. The maximum atomic E-state index is 13.2. The van der Waals surface area contributed by atoms with E-state index in [1.165, 1.54) is 57.0 Å². The molecule has 0 amide bonds. The van der Waals surface area contributed by atoms with Gasteiger partial charge in [0.1, 0.15) is 11.6 Å². The molecule has 1 aromatic carbocycles. The number of hydrogen-bond donors (Lipinski definition) is 2. The molecule has 0 aromatic heterocycles. The molecule has 0 bridgehead atoms. The van der Waals surface area contributed by atoms with Gasteiger partial charge in [0.05, 0.1) is 0 Å². The normalized spacial score (nSPS) is 18.7. The molecule has 1 aliphatic heterocycles. The van der Waals surface area contributed by atoms with Crippen LogP contribution in [0.4, 0.5) is 4.39 Å². The third-order valence-electron chi connectivity index (χ3n) is 4.03. The van der Waals surface area contributed by atoms with Crippen LogP contribution in [0.1, 0.15) is 44.2 Å². The van der Waals surface area contributed by atoms with Crippen LogP contribution >= 0.6 is 0 Å². The van der Waals surface area contributed by atoms with Gasteiger partial charge in [-0.05, 0) is 51.1 Å². The van der Waals surface area contributed by atoms with Crippen molar-refractivity contribution in [3.05, 3.63) is 29.6 Å². The van der Waals surface area contributed by atoms with Crippen LogP contribution < -0.4 is 5.32 Å². The quantitative estimate of drug-likeness (QED) is 0.870. The summed E-state index contributed by atoms with van der Waals surface area (Å²) in [7, 11) is 0. The third kappa shape index (κ3) is 4.46. The second kappa shape index (κ2) is 7.60.